The minimum atomic E-state index is -0.641. The topological polar surface area (TPSA) is 114 Å². The summed E-state index contributed by atoms with van der Waals surface area (Å²) in [5.41, 5.74) is 2.74. The van der Waals surface area contributed by atoms with E-state index in [4.69, 9.17) is 4.74 Å². The molecule has 8 nitrogen and oxygen atoms in total. The summed E-state index contributed by atoms with van der Waals surface area (Å²) in [6.07, 6.45) is 0.757. The third-order valence-electron chi connectivity index (χ3n) is 6.28. The van der Waals surface area contributed by atoms with E-state index >= 15 is 0 Å². The lowest BCUT2D eigenvalue weighted by Gasteiger charge is -2.15. The van der Waals surface area contributed by atoms with Crippen molar-refractivity contribution in [3.63, 3.8) is 0 Å². The molecule has 0 aliphatic carbocycles. The summed E-state index contributed by atoms with van der Waals surface area (Å²) in [5.74, 6) is -1.48. The molecule has 0 fully saturated rings. The maximum atomic E-state index is 13.4. The van der Waals surface area contributed by atoms with Gasteiger partial charge in [0.25, 0.3) is 5.91 Å². The third-order valence-corrected chi connectivity index (χ3v) is 8.84. The summed E-state index contributed by atoms with van der Waals surface area (Å²) in [7, 11) is 1.26. The lowest BCUT2D eigenvalue weighted by atomic mass is 10.1. The fourth-order valence-corrected chi connectivity index (χ4v) is 6.29. The molecule has 3 amide bonds. The number of ether oxygens (including phenoxy) is 1. The van der Waals surface area contributed by atoms with Gasteiger partial charge in [-0.05, 0) is 54.8 Å². The van der Waals surface area contributed by atoms with Gasteiger partial charge in [0.2, 0.25) is 11.8 Å². The van der Waals surface area contributed by atoms with E-state index in [0.717, 1.165) is 21.8 Å². The van der Waals surface area contributed by atoms with Crippen molar-refractivity contribution >= 4 is 63.2 Å². The Kier molecular flexibility index (Phi) is 10.5. The molecule has 0 aliphatic heterocycles. The third kappa shape index (κ3) is 7.86. The van der Waals surface area contributed by atoms with Gasteiger partial charge in [-0.3, -0.25) is 14.4 Å². The molecule has 0 aliphatic rings. The largest absolute Gasteiger partial charge is 0.465 e. The van der Waals surface area contributed by atoms with E-state index in [1.807, 2.05) is 61.5 Å². The van der Waals surface area contributed by atoms with Crippen LogP contribution in [0.4, 0.5) is 16.4 Å². The zero-order valence-electron chi connectivity index (χ0n) is 23.4. The lowest BCUT2D eigenvalue weighted by Crippen LogP contribution is -2.25. The highest BCUT2D eigenvalue weighted by Gasteiger charge is 2.28. The number of nitrogens with one attached hydrogen (secondary N) is 3. The molecule has 4 rings (SSSR count). The minimum Gasteiger partial charge on any atom is -0.465 e. The Morgan fingerprint density at radius 3 is 2.19 bits per heavy atom. The molecule has 216 valence electrons. The Balaban J connectivity index is 1.47. The van der Waals surface area contributed by atoms with Crippen LogP contribution in [-0.2, 0) is 20.7 Å². The minimum absolute atomic E-state index is 0.136. The monoisotopic (exact) mass is 601 g/mol. The maximum Gasteiger partial charge on any atom is 0.341 e. The van der Waals surface area contributed by atoms with Gasteiger partial charge in [0.1, 0.15) is 5.00 Å². The predicted molar refractivity (Wildman–Crippen MR) is 169 cm³/mol. The van der Waals surface area contributed by atoms with Crippen molar-refractivity contribution in [1.29, 1.82) is 0 Å². The molecule has 0 saturated carbocycles. The SMILES string of the molecule is CCC(Sc1cccc(NC(=O)Cc2ccccc2)c1)C(=O)Nc1sc(C(=O)Nc2ccccc2)c(C)c1C(=O)OC. The van der Waals surface area contributed by atoms with Gasteiger partial charge in [0.15, 0.2) is 0 Å². The number of esters is 1. The average Bonchev–Trinajstić information content (AvgIpc) is 3.31. The van der Waals surface area contributed by atoms with Crippen molar-refractivity contribution in [2.75, 3.05) is 23.1 Å². The summed E-state index contributed by atoms with van der Waals surface area (Å²) in [4.78, 5) is 52.7. The van der Waals surface area contributed by atoms with Crippen LogP contribution in [0.1, 0.15) is 44.5 Å². The predicted octanol–water partition coefficient (Wildman–Crippen LogP) is 6.79. The number of rotatable bonds is 11. The van der Waals surface area contributed by atoms with Crippen molar-refractivity contribution in [3.05, 3.63) is 106 Å². The van der Waals surface area contributed by atoms with Gasteiger partial charge in [-0.1, -0.05) is 61.5 Å². The second-order valence-electron chi connectivity index (χ2n) is 9.31. The van der Waals surface area contributed by atoms with Crippen LogP contribution >= 0.6 is 23.1 Å². The van der Waals surface area contributed by atoms with Crippen LogP contribution in [-0.4, -0.2) is 36.1 Å². The second-order valence-corrected chi connectivity index (χ2v) is 11.6. The highest BCUT2D eigenvalue weighted by atomic mass is 32.2. The molecule has 0 bridgehead atoms. The van der Waals surface area contributed by atoms with Crippen molar-refractivity contribution in [2.45, 2.75) is 36.8 Å². The van der Waals surface area contributed by atoms with E-state index in [-0.39, 0.29) is 34.7 Å². The normalized spacial score (nSPS) is 11.3. The Hall–Kier alpha value is -4.41. The Bertz CT molecular complexity index is 1570. The first-order chi connectivity index (χ1) is 20.3. The average molecular weight is 602 g/mol. The highest BCUT2D eigenvalue weighted by Crippen LogP contribution is 2.36. The number of thiophene rings is 1. The van der Waals surface area contributed by atoms with E-state index in [1.165, 1.54) is 18.9 Å². The van der Waals surface area contributed by atoms with Gasteiger partial charge in [-0.25, -0.2) is 4.79 Å². The van der Waals surface area contributed by atoms with Gasteiger partial charge < -0.3 is 20.7 Å². The number of methoxy groups -OCH3 is 1. The molecule has 3 aromatic carbocycles. The van der Waals surface area contributed by atoms with Crippen LogP contribution in [0.5, 0.6) is 0 Å². The summed E-state index contributed by atoms with van der Waals surface area (Å²) >= 11 is 2.37. The molecule has 0 spiro atoms. The molecule has 0 radical (unpaired) electrons. The number of thioether (sulfide) groups is 1. The molecule has 10 heteroatoms. The fraction of sp³-hybridized carbons (Fsp3) is 0.188. The van der Waals surface area contributed by atoms with E-state index < -0.39 is 11.2 Å². The maximum absolute atomic E-state index is 13.4. The Morgan fingerprint density at radius 1 is 0.857 bits per heavy atom. The smallest absolute Gasteiger partial charge is 0.341 e. The summed E-state index contributed by atoms with van der Waals surface area (Å²) in [6.45, 7) is 3.55. The van der Waals surface area contributed by atoms with E-state index in [9.17, 15) is 19.2 Å². The number of hydrogen-bond acceptors (Lipinski definition) is 7. The molecule has 1 atom stereocenters. The first-order valence-electron chi connectivity index (χ1n) is 13.3. The first-order valence-corrected chi connectivity index (χ1v) is 15.0. The molecule has 1 unspecified atom stereocenters. The van der Waals surface area contributed by atoms with E-state index in [2.05, 4.69) is 16.0 Å². The first kappa shape index (κ1) is 30.5. The van der Waals surface area contributed by atoms with Crippen LogP contribution in [0.25, 0.3) is 0 Å². The van der Waals surface area contributed by atoms with Crippen molar-refractivity contribution in [3.8, 4) is 0 Å². The number of carbonyl (C=O) groups is 4. The zero-order valence-corrected chi connectivity index (χ0v) is 25.1. The van der Waals surface area contributed by atoms with Gasteiger partial charge in [-0.2, -0.15) is 0 Å². The molecule has 4 aromatic rings. The molecular formula is C32H31N3O5S2. The van der Waals surface area contributed by atoms with Crippen molar-refractivity contribution in [1.82, 2.24) is 0 Å². The van der Waals surface area contributed by atoms with Crippen LogP contribution < -0.4 is 16.0 Å². The van der Waals surface area contributed by atoms with Gasteiger partial charge in [-0.15, -0.1) is 23.1 Å². The van der Waals surface area contributed by atoms with Gasteiger partial charge in [0, 0.05) is 16.3 Å². The summed E-state index contributed by atoms with van der Waals surface area (Å²) in [6, 6.07) is 25.8. The molecule has 1 aromatic heterocycles. The van der Waals surface area contributed by atoms with Crippen molar-refractivity contribution in [2.24, 2.45) is 0 Å². The summed E-state index contributed by atoms with van der Waals surface area (Å²) in [5, 5.41) is 8.34. The van der Waals surface area contributed by atoms with Crippen LogP contribution in [0.15, 0.2) is 89.8 Å². The standard InChI is InChI=1S/C32H31N3O5S2/c1-4-25(41-24-17-11-16-23(19-24)33-26(36)18-21-12-7-5-8-13-21)29(37)35-31-27(32(39)40-3)20(2)28(42-31)30(38)34-22-14-9-6-10-15-22/h5-17,19,25H,4,18H2,1-3H3,(H,33,36)(H,34,38)(H,35,37). The van der Waals surface area contributed by atoms with Crippen LogP contribution in [0.3, 0.4) is 0 Å². The molecule has 3 N–H and O–H groups in total. The van der Waals surface area contributed by atoms with Crippen LogP contribution in [0.2, 0.25) is 0 Å². The molecule has 1 heterocycles. The Labute approximate surface area is 252 Å². The molecule has 0 saturated heterocycles. The highest BCUT2D eigenvalue weighted by molar-refractivity contribution is 8.00. The number of anilines is 3. The second kappa shape index (κ2) is 14.5. The number of amides is 3. The lowest BCUT2D eigenvalue weighted by molar-refractivity contribution is -0.116. The van der Waals surface area contributed by atoms with E-state index in [0.29, 0.717) is 28.2 Å². The molecular weight excluding hydrogens is 571 g/mol. The number of hydrogen-bond donors (Lipinski definition) is 3. The van der Waals surface area contributed by atoms with Crippen molar-refractivity contribution < 1.29 is 23.9 Å². The van der Waals surface area contributed by atoms with Gasteiger partial charge in [0.05, 0.1) is 29.2 Å². The van der Waals surface area contributed by atoms with Gasteiger partial charge >= 0.3 is 5.97 Å². The molecule has 42 heavy (non-hydrogen) atoms. The Morgan fingerprint density at radius 2 is 1.52 bits per heavy atom. The van der Waals surface area contributed by atoms with Crippen LogP contribution in [0, 0.1) is 6.92 Å². The number of carbonyl (C=O) groups excluding carboxylic acids is 4. The van der Waals surface area contributed by atoms with E-state index in [1.54, 1.807) is 37.3 Å². The zero-order chi connectivity index (χ0) is 30.1. The summed E-state index contributed by atoms with van der Waals surface area (Å²) < 4.78 is 4.96. The number of benzene rings is 3. The fourth-order valence-electron chi connectivity index (χ4n) is 4.19. The quantitative estimate of drug-likeness (QED) is 0.129. The number of para-hydroxylation sites is 1.